The molecule has 41 heavy (non-hydrogen) atoms. The topological polar surface area (TPSA) is 38.7 Å². The second-order valence-electron chi connectivity index (χ2n) is 10.6. The van der Waals surface area contributed by atoms with Crippen molar-refractivity contribution >= 4 is 43.1 Å². The summed E-state index contributed by atoms with van der Waals surface area (Å²) in [5.41, 5.74) is 7.09. The lowest BCUT2D eigenvalue weighted by Gasteiger charge is -2.19. The highest BCUT2D eigenvalue weighted by Crippen LogP contribution is 2.45. The highest BCUT2D eigenvalue weighted by atomic mass is 15.0. The molecule has 0 bridgehead atoms. The van der Waals surface area contributed by atoms with Crippen LogP contribution in [-0.4, -0.2) is 15.0 Å². The van der Waals surface area contributed by atoms with Crippen molar-refractivity contribution in [2.24, 2.45) is 0 Å². The second kappa shape index (κ2) is 9.35. The average Bonchev–Trinajstić information content (AvgIpc) is 3.03. The van der Waals surface area contributed by atoms with Crippen LogP contribution < -0.4 is 0 Å². The number of hydrogen-bond donors (Lipinski definition) is 0. The van der Waals surface area contributed by atoms with Crippen molar-refractivity contribution < 1.29 is 0 Å². The average molecular weight is 524 g/mol. The molecule has 7 aromatic carbocycles. The number of fused-ring (bicyclic) bond motifs is 4. The highest BCUT2D eigenvalue weighted by molar-refractivity contribution is 6.22. The van der Waals surface area contributed by atoms with E-state index in [4.69, 9.17) is 0 Å². The molecule has 0 atom stereocenters. The highest BCUT2D eigenvalue weighted by Gasteiger charge is 2.19. The van der Waals surface area contributed by atoms with E-state index >= 15 is 0 Å². The molecule has 0 unspecified atom stereocenters. The first-order chi connectivity index (χ1) is 20.2. The molecule has 8 aromatic rings. The fraction of sp³-hybridized carbons (Fsp3) is 0.0263. The van der Waals surface area contributed by atoms with Crippen molar-refractivity contribution in [3.8, 4) is 33.6 Å². The molecule has 0 fully saturated rings. The van der Waals surface area contributed by atoms with Crippen LogP contribution in [0.2, 0.25) is 0 Å². The van der Waals surface area contributed by atoms with Gasteiger partial charge in [0, 0.05) is 5.56 Å². The Balaban J connectivity index is 1.53. The maximum atomic E-state index is 4.47. The van der Waals surface area contributed by atoms with E-state index in [9.17, 15) is 0 Å². The van der Waals surface area contributed by atoms with Gasteiger partial charge in [0.1, 0.15) is 12.7 Å². The molecular weight excluding hydrogens is 498 g/mol. The third-order valence-corrected chi connectivity index (χ3v) is 8.10. The number of benzene rings is 7. The van der Waals surface area contributed by atoms with Gasteiger partial charge in [-0.2, -0.15) is 0 Å². The maximum absolute atomic E-state index is 4.47. The molecule has 1 heterocycles. The van der Waals surface area contributed by atoms with E-state index in [0.717, 1.165) is 5.56 Å². The van der Waals surface area contributed by atoms with Gasteiger partial charge in [-0.1, -0.05) is 109 Å². The summed E-state index contributed by atoms with van der Waals surface area (Å²) >= 11 is 0. The van der Waals surface area contributed by atoms with Crippen molar-refractivity contribution in [1.29, 1.82) is 0 Å². The van der Waals surface area contributed by atoms with Crippen LogP contribution in [0.5, 0.6) is 0 Å². The fourth-order valence-electron chi connectivity index (χ4n) is 6.18. The Morgan fingerprint density at radius 1 is 0.415 bits per heavy atom. The van der Waals surface area contributed by atoms with E-state index < -0.39 is 0 Å². The number of hydrogen-bond acceptors (Lipinski definition) is 3. The fourth-order valence-corrected chi connectivity index (χ4v) is 6.18. The van der Waals surface area contributed by atoms with E-state index in [2.05, 4.69) is 143 Å². The molecule has 0 amide bonds. The van der Waals surface area contributed by atoms with Gasteiger partial charge in [-0.15, -0.1) is 0 Å². The molecule has 0 aliphatic heterocycles. The molecule has 0 saturated heterocycles. The Labute approximate surface area is 237 Å². The van der Waals surface area contributed by atoms with E-state index in [1.54, 1.807) is 12.7 Å². The molecule has 0 saturated carbocycles. The summed E-state index contributed by atoms with van der Waals surface area (Å²) in [6, 6.07) is 44.2. The lowest BCUT2D eigenvalue weighted by molar-refractivity contribution is 1.06. The molecule has 0 radical (unpaired) electrons. The maximum Gasteiger partial charge on any atom is 0.162 e. The first-order valence-electron chi connectivity index (χ1n) is 13.8. The van der Waals surface area contributed by atoms with E-state index in [1.807, 2.05) is 0 Å². The van der Waals surface area contributed by atoms with Crippen molar-refractivity contribution in [3.05, 3.63) is 140 Å². The molecule has 192 valence electrons. The lowest BCUT2D eigenvalue weighted by Crippen LogP contribution is -1.94. The number of aryl methyl sites for hydroxylation is 1. The van der Waals surface area contributed by atoms with Crippen LogP contribution >= 0.6 is 0 Å². The van der Waals surface area contributed by atoms with Gasteiger partial charge >= 0.3 is 0 Å². The van der Waals surface area contributed by atoms with Crippen LogP contribution in [0.25, 0.3) is 76.7 Å². The molecule has 1 aromatic heterocycles. The molecule has 0 spiro atoms. The monoisotopic (exact) mass is 523 g/mol. The number of rotatable bonds is 3. The van der Waals surface area contributed by atoms with Crippen LogP contribution in [0.3, 0.4) is 0 Å². The van der Waals surface area contributed by atoms with Gasteiger partial charge < -0.3 is 0 Å². The van der Waals surface area contributed by atoms with Gasteiger partial charge in [0.05, 0.1) is 0 Å². The van der Waals surface area contributed by atoms with E-state index in [0.29, 0.717) is 5.82 Å². The zero-order valence-electron chi connectivity index (χ0n) is 22.5. The summed E-state index contributed by atoms with van der Waals surface area (Å²) in [4.78, 5) is 13.0. The summed E-state index contributed by atoms with van der Waals surface area (Å²) in [6.07, 6.45) is 3.11. The molecule has 8 rings (SSSR count). The largest absolute Gasteiger partial charge is 0.225 e. The Bertz CT molecular complexity index is 2270. The quantitative estimate of drug-likeness (QED) is 0.216. The first-order valence-corrected chi connectivity index (χ1v) is 13.8. The molecule has 3 heteroatoms. The Morgan fingerprint density at radius 3 is 1.54 bits per heavy atom. The number of nitrogens with zero attached hydrogens (tertiary/aromatic N) is 3. The third-order valence-electron chi connectivity index (χ3n) is 8.10. The summed E-state index contributed by atoms with van der Waals surface area (Å²) in [6.45, 7) is 2.17. The molecule has 0 aliphatic carbocycles. The van der Waals surface area contributed by atoms with Gasteiger partial charge in [-0.25, -0.2) is 15.0 Å². The molecule has 0 N–H and O–H groups in total. The lowest BCUT2D eigenvalue weighted by atomic mass is 9.84. The Morgan fingerprint density at radius 2 is 0.927 bits per heavy atom. The van der Waals surface area contributed by atoms with Crippen molar-refractivity contribution in [3.63, 3.8) is 0 Å². The second-order valence-corrected chi connectivity index (χ2v) is 10.6. The summed E-state index contributed by atoms with van der Waals surface area (Å²) in [5, 5.41) is 9.81. The van der Waals surface area contributed by atoms with Gasteiger partial charge in [-0.3, -0.25) is 0 Å². The smallest absolute Gasteiger partial charge is 0.162 e. The zero-order valence-corrected chi connectivity index (χ0v) is 22.5. The van der Waals surface area contributed by atoms with Crippen molar-refractivity contribution in [1.82, 2.24) is 15.0 Å². The van der Waals surface area contributed by atoms with Gasteiger partial charge in [0.25, 0.3) is 0 Å². The third kappa shape index (κ3) is 3.94. The summed E-state index contributed by atoms with van der Waals surface area (Å²) < 4.78 is 0. The van der Waals surface area contributed by atoms with E-state index in [-0.39, 0.29) is 0 Å². The molecule has 3 nitrogen and oxygen atoms in total. The standard InChI is InChI=1S/C38H25N3/c1-24-10-16-32-34(18-24)36(29-13-11-25-6-2-4-8-27(25)19-29)33-17-15-31(38-40-22-39-23-41-38)21-35(33)37(32)30-14-12-26-7-3-5-9-28(26)20-30/h2-23H,1H3. The van der Waals surface area contributed by atoms with Crippen LogP contribution in [0.1, 0.15) is 5.56 Å². The Hall–Kier alpha value is -5.41. The zero-order chi connectivity index (χ0) is 27.3. The summed E-state index contributed by atoms with van der Waals surface area (Å²) in [5.74, 6) is 0.669. The van der Waals surface area contributed by atoms with Crippen LogP contribution in [0.4, 0.5) is 0 Å². The van der Waals surface area contributed by atoms with Crippen molar-refractivity contribution in [2.75, 3.05) is 0 Å². The molecular formula is C38H25N3. The Kier molecular flexibility index (Phi) is 5.36. The normalized spacial score (nSPS) is 11.5. The molecule has 0 aliphatic rings. The minimum atomic E-state index is 0.669. The van der Waals surface area contributed by atoms with Gasteiger partial charge in [-0.05, 0) is 90.5 Å². The first kappa shape index (κ1) is 23.5. The van der Waals surface area contributed by atoms with Gasteiger partial charge in [0.15, 0.2) is 5.82 Å². The van der Waals surface area contributed by atoms with E-state index in [1.165, 1.54) is 70.9 Å². The predicted octanol–water partition coefficient (Wildman–Crippen LogP) is 9.79. The predicted molar refractivity (Wildman–Crippen MR) is 171 cm³/mol. The van der Waals surface area contributed by atoms with Crippen LogP contribution in [0.15, 0.2) is 134 Å². The minimum absolute atomic E-state index is 0.669. The minimum Gasteiger partial charge on any atom is -0.225 e. The SMILES string of the molecule is Cc1ccc2c(-c3ccc4ccccc4c3)c3cc(-c4ncncn4)ccc3c(-c3ccc4ccccc4c3)c2c1. The van der Waals surface area contributed by atoms with Gasteiger partial charge in [0.2, 0.25) is 0 Å². The van der Waals surface area contributed by atoms with Crippen LogP contribution in [0, 0.1) is 6.92 Å². The van der Waals surface area contributed by atoms with Crippen LogP contribution in [-0.2, 0) is 0 Å². The van der Waals surface area contributed by atoms with Crippen molar-refractivity contribution in [2.45, 2.75) is 6.92 Å². The summed E-state index contributed by atoms with van der Waals surface area (Å²) in [7, 11) is 0. The number of aromatic nitrogens is 3.